The first kappa shape index (κ1) is 9.96. The molecule has 3 N–H and O–H groups in total. The fraction of sp³-hybridized carbons (Fsp3) is 1.00. The number of hydrogen-bond donors (Lipinski definition) is 2. The van der Waals surface area contributed by atoms with Crippen LogP contribution in [0.25, 0.3) is 0 Å². The lowest BCUT2D eigenvalue weighted by molar-refractivity contribution is 0.0217. The van der Waals surface area contributed by atoms with E-state index in [0.717, 1.165) is 19.5 Å². The summed E-state index contributed by atoms with van der Waals surface area (Å²) in [6.45, 7) is 6.93. The number of nitrogens with two attached hydrogens (primary N) is 1. The van der Waals surface area contributed by atoms with E-state index in [1.807, 2.05) is 0 Å². The van der Waals surface area contributed by atoms with E-state index in [9.17, 15) is 5.11 Å². The van der Waals surface area contributed by atoms with Gasteiger partial charge in [-0.3, -0.25) is 4.90 Å². The summed E-state index contributed by atoms with van der Waals surface area (Å²) >= 11 is 0. The second-order valence-corrected chi connectivity index (χ2v) is 3.91. The molecule has 0 aromatic rings. The van der Waals surface area contributed by atoms with Crippen LogP contribution < -0.4 is 5.73 Å². The standard InChI is InChI=1S/C9H20N2O/c1-7-6-11(8(2)5-10)4-3-9(7)12/h7-9,12H,3-6,10H2,1-2H3. The van der Waals surface area contributed by atoms with Gasteiger partial charge >= 0.3 is 0 Å². The highest BCUT2D eigenvalue weighted by Gasteiger charge is 2.26. The molecule has 0 amide bonds. The molecular formula is C9H20N2O. The minimum Gasteiger partial charge on any atom is -0.393 e. The third kappa shape index (κ3) is 2.19. The predicted molar refractivity (Wildman–Crippen MR) is 49.9 cm³/mol. The van der Waals surface area contributed by atoms with Crippen molar-refractivity contribution in [2.24, 2.45) is 11.7 Å². The molecule has 1 fully saturated rings. The Balaban J connectivity index is 2.39. The molecule has 3 atom stereocenters. The maximum Gasteiger partial charge on any atom is 0.0590 e. The van der Waals surface area contributed by atoms with Crippen LogP contribution in [0.4, 0.5) is 0 Å². The van der Waals surface area contributed by atoms with Crippen LogP contribution in [-0.2, 0) is 0 Å². The molecule has 0 spiro atoms. The minimum absolute atomic E-state index is 0.105. The summed E-state index contributed by atoms with van der Waals surface area (Å²) in [4.78, 5) is 2.36. The zero-order valence-electron chi connectivity index (χ0n) is 8.03. The Morgan fingerprint density at radius 2 is 2.33 bits per heavy atom. The summed E-state index contributed by atoms with van der Waals surface area (Å²) in [5.74, 6) is 0.396. The third-order valence-electron chi connectivity index (χ3n) is 2.86. The molecule has 1 heterocycles. The number of nitrogens with zero attached hydrogens (tertiary/aromatic N) is 1. The largest absolute Gasteiger partial charge is 0.393 e. The van der Waals surface area contributed by atoms with Gasteiger partial charge in [0.05, 0.1) is 6.10 Å². The van der Waals surface area contributed by atoms with E-state index in [-0.39, 0.29) is 6.10 Å². The molecule has 1 saturated heterocycles. The van der Waals surface area contributed by atoms with Crippen molar-refractivity contribution in [3.8, 4) is 0 Å². The summed E-state index contributed by atoms with van der Waals surface area (Å²) < 4.78 is 0. The topological polar surface area (TPSA) is 49.5 Å². The van der Waals surface area contributed by atoms with E-state index in [0.29, 0.717) is 18.5 Å². The number of rotatable bonds is 2. The van der Waals surface area contributed by atoms with Gasteiger partial charge in [-0.25, -0.2) is 0 Å². The molecule has 0 aromatic carbocycles. The Morgan fingerprint density at radius 1 is 1.67 bits per heavy atom. The first-order chi connectivity index (χ1) is 5.65. The van der Waals surface area contributed by atoms with Gasteiger partial charge in [0, 0.05) is 25.7 Å². The first-order valence-electron chi connectivity index (χ1n) is 4.77. The Bertz CT molecular complexity index is 140. The van der Waals surface area contributed by atoms with Crippen molar-refractivity contribution in [2.75, 3.05) is 19.6 Å². The molecule has 12 heavy (non-hydrogen) atoms. The van der Waals surface area contributed by atoms with Crippen molar-refractivity contribution in [2.45, 2.75) is 32.4 Å². The molecule has 3 nitrogen and oxygen atoms in total. The summed E-state index contributed by atoms with van der Waals surface area (Å²) in [6.07, 6.45) is 0.789. The SMILES string of the molecule is CC1CN(C(C)CN)CCC1O. The second-order valence-electron chi connectivity index (χ2n) is 3.91. The van der Waals surface area contributed by atoms with E-state index in [2.05, 4.69) is 18.7 Å². The van der Waals surface area contributed by atoms with Crippen molar-refractivity contribution < 1.29 is 5.11 Å². The Hall–Kier alpha value is -0.120. The number of likely N-dealkylation sites (tertiary alicyclic amines) is 1. The van der Waals surface area contributed by atoms with Crippen LogP contribution in [0.15, 0.2) is 0 Å². The summed E-state index contributed by atoms with van der Waals surface area (Å²) in [6, 6.07) is 0.458. The van der Waals surface area contributed by atoms with Crippen LogP contribution in [0.2, 0.25) is 0 Å². The van der Waals surface area contributed by atoms with Gasteiger partial charge < -0.3 is 10.8 Å². The quantitative estimate of drug-likeness (QED) is 0.618. The summed E-state index contributed by atoms with van der Waals surface area (Å²) in [5, 5.41) is 9.49. The average molecular weight is 172 g/mol. The van der Waals surface area contributed by atoms with Gasteiger partial charge in [-0.15, -0.1) is 0 Å². The molecular weight excluding hydrogens is 152 g/mol. The van der Waals surface area contributed by atoms with Gasteiger partial charge in [0.15, 0.2) is 0 Å². The fourth-order valence-electron chi connectivity index (χ4n) is 1.71. The van der Waals surface area contributed by atoms with Crippen molar-refractivity contribution in [3.63, 3.8) is 0 Å². The lowest BCUT2D eigenvalue weighted by Crippen LogP contribution is -2.48. The molecule has 0 aromatic heterocycles. The van der Waals surface area contributed by atoms with Crippen molar-refractivity contribution in [1.82, 2.24) is 4.90 Å². The normalized spacial score (nSPS) is 35.0. The van der Waals surface area contributed by atoms with Gasteiger partial charge in [-0.1, -0.05) is 6.92 Å². The number of aliphatic hydroxyl groups is 1. The maximum absolute atomic E-state index is 9.49. The lowest BCUT2D eigenvalue weighted by atomic mass is 9.96. The van der Waals surface area contributed by atoms with E-state index in [1.165, 1.54) is 0 Å². The highest BCUT2D eigenvalue weighted by Crippen LogP contribution is 2.17. The molecule has 3 heteroatoms. The predicted octanol–water partition coefficient (Wildman–Crippen LogP) is 0.0363. The van der Waals surface area contributed by atoms with Gasteiger partial charge in [0.1, 0.15) is 0 Å². The third-order valence-corrected chi connectivity index (χ3v) is 2.86. The smallest absolute Gasteiger partial charge is 0.0590 e. The fourth-order valence-corrected chi connectivity index (χ4v) is 1.71. The number of hydrogen-bond acceptors (Lipinski definition) is 3. The monoisotopic (exact) mass is 172 g/mol. The maximum atomic E-state index is 9.49. The van der Waals surface area contributed by atoms with Crippen LogP contribution in [0.5, 0.6) is 0 Å². The molecule has 0 radical (unpaired) electrons. The van der Waals surface area contributed by atoms with Crippen LogP contribution in [0.1, 0.15) is 20.3 Å². The summed E-state index contributed by atoms with van der Waals surface area (Å²) in [5.41, 5.74) is 5.58. The zero-order chi connectivity index (χ0) is 9.14. The van der Waals surface area contributed by atoms with Gasteiger partial charge in [0.2, 0.25) is 0 Å². The van der Waals surface area contributed by atoms with Crippen LogP contribution in [0.3, 0.4) is 0 Å². The molecule has 1 aliphatic heterocycles. The van der Waals surface area contributed by atoms with Crippen LogP contribution in [-0.4, -0.2) is 41.8 Å². The second kappa shape index (κ2) is 4.21. The van der Waals surface area contributed by atoms with Crippen molar-refractivity contribution in [3.05, 3.63) is 0 Å². The molecule has 1 aliphatic rings. The average Bonchev–Trinajstić information content (AvgIpc) is 2.08. The minimum atomic E-state index is -0.105. The first-order valence-corrected chi connectivity index (χ1v) is 4.77. The van der Waals surface area contributed by atoms with Gasteiger partial charge in [-0.2, -0.15) is 0 Å². The van der Waals surface area contributed by atoms with Crippen molar-refractivity contribution in [1.29, 1.82) is 0 Å². The highest BCUT2D eigenvalue weighted by molar-refractivity contribution is 4.80. The zero-order valence-corrected chi connectivity index (χ0v) is 8.03. The Morgan fingerprint density at radius 3 is 2.83 bits per heavy atom. The summed E-state index contributed by atoms with van der Waals surface area (Å²) in [7, 11) is 0. The van der Waals surface area contributed by atoms with E-state index in [1.54, 1.807) is 0 Å². The lowest BCUT2D eigenvalue weighted by Gasteiger charge is -2.37. The molecule has 1 rings (SSSR count). The van der Waals surface area contributed by atoms with Gasteiger partial charge in [0.25, 0.3) is 0 Å². The Kier molecular flexibility index (Phi) is 3.50. The molecule has 0 saturated carbocycles. The van der Waals surface area contributed by atoms with Crippen LogP contribution in [0, 0.1) is 5.92 Å². The molecule has 0 bridgehead atoms. The number of piperidine rings is 1. The van der Waals surface area contributed by atoms with E-state index in [4.69, 9.17) is 5.73 Å². The molecule has 3 unspecified atom stereocenters. The molecule has 72 valence electrons. The Labute approximate surface area is 74.5 Å². The van der Waals surface area contributed by atoms with Crippen LogP contribution >= 0.6 is 0 Å². The molecule has 0 aliphatic carbocycles. The number of aliphatic hydroxyl groups excluding tert-OH is 1. The van der Waals surface area contributed by atoms with E-state index < -0.39 is 0 Å². The van der Waals surface area contributed by atoms with Gasteiger partial charge in [-0.05, 0) is 19.3 Å². The highest BCUT2D eigenvalue weighted by atomic mass is 16.3. The van der Waals surface area contributed by atoms with Crippen molar-refractivity contribution >= 4 is 0 Å². The van der Waals surface area contributed by atoms with E-state index >= 15 is 0 Å².